The fourth-order valence-corrected chi connectivity index (χ4v) is 3.10. The molecule has 0 saturated heterocycles. The fraction of sp³-hybridized carbons (Fsp3) is 0.529. The molecule has 136 valence electrons. The number of nitrogens with one attached hydrogen (secondary N) is 3. The molecular weight excluding hydrogens is 346 g/mol. The molecule has 0 spiro atoms. The molecule has 2 amide bonds. The highest BCUT2D eigenvalue weighted by molar-refractivity contribution is 6.30. The van der Waals surface area contributed by atoms with E-state index in [1.165, 1.54) is 0 Å². The lowest BCUT2D eigenvalue weighted by molar-refractivity contribution is -0.124. The number of benzene rings is 1. The molecule has 0 radical (unpaired) electrons. The maximum Gasteiger partial charge on any atom is 0.258 e. The van der Waals surface area contributed by atoms with Gasteiger partial charge in [0.15, 0.2) is 6.61 Å². The minimum absolute atomic E-state index is 0.0635. The summed E-state index contributed by atoms with van der Waals surface area (Å²) < 4.78 is 10.3. The predicted molar refractivity (Wildman–Crippen MR) is 92.7 cm³/mol. The molecule has 2 aliphatic carbocycles. The molecule has 0 aromatic heterocycles. The molecule has 0 heterocycles. The number of carbonyl (C=O) groups is 2. The minimum atomic E-state index is -0.282. The number of halogens is 1. The van der Waals surface area contributed by atoms with Crippen molar-refractivity contribution in [2.75, 3.05) is 33.4 Å². The molecule has 3 N–H and O–H groups in total. The van der Waals surface area contributed by atoms with E-state index in [0.717, 1.165) is 12.8 Å². The van der Waals surface area contributed by atoms with Gasteiger partial charge < -0.3 is 25.4 Å². The minimum Gasteiger partial charge on any atom is -0.484 e. The van der Waals surface area contributed by atoms with E-state index >= 15 is 0 Å². The van der Waals surface area contributed by atoms with Gasteiger partial charge in [-0.05, 0) is 37.1 Å². The van der Waals surface area contributed by atoms with Crippen LogP contribution < -0.4 is 20.7 Å². The number of methoxy groups -OCH3 is 1. The summed E-state index contributed by atoms with van der Waals surface area (Å²) in [5.41, 5.74) is -0.543. The zero-order valence-corrected chi connectivity index (χ0v) is 14.8. The largest absolute Gasteiger partial charge is 0.484 e. The molecular formula is C17H22ClN3O4. The second-order valence-electron chi connectivity index (χ2n) is 6.53. The lowest BCUT2D eigenvalue weighted by atomic mass is 10.3. The molecule has 25 heavy (non-hydrogen) atoms. The van der Waals surface area contributed by atoms with Crippen LogP contribution in [0.3, 0.4) is 0 Å². The molecule has 2 saturated carbocycles. The molecule has 3 rings (SSSR count). The summed E-state index contributed by atoms with van der Waals surface area (Å²) in [5.74, 6) is 0.328. The predicted octanol–water partition coefficient (Wildman–Crippen LogP) is 0.472. The van der Waals surface area contributed by atoms with Gasteiger partial charge in [-0.1, -0.05) is 11.6 Å². The number of hydrogen-bond acceptors (Lipinski definition) is 5. The molecule has 2 fully saturated rings. The molecule has 0 bridgehead atoms. The second kappa shape index (κ2) is 7.19. The maximum atomic E-state index is 12.0. The van der Waals surface area contributed by atoms with Crippen molar-refractivity contribution in [3.8, 4) is 5.75 Å². The molecule has 1 aromatic carbocycles. The van der Waals surface area contributed by atoms with E-state index in [-0.39, 0.29) is 36.0 Å². The van der Waals surface area contributed by atoms with Gasteiger partial charge in [0.05, 0.1) is 24.2 Å². The summed E-state index contributed by atoms with van der Waals surface area (Å²) in [6.07, 6.45) is 1.55. The van der Waals surface area contributed by atoms with Crippen LogP contribution in [0.25, 0.3) is 0 Å². The number of amides is 2. The Hall–Kier alpha value is -1.83. The zero-order chi connectivity index (χ0) is 17.9. The fourth-order valence-electron chi connectivity index (χ4n) is 2.98. The van der Waals surface area contributed by atoms with Gasteiger partial charge in [0, 0.05) is 18.7 Å². The summed E-state index contributed by atoms with van der Waals surface area (Å²) in [5, 5.41) is 9.57. The van der Waals surface area contributed by atoms with E-state index in [0.29, 0.717) is 23.9 Å². The Morgan fingerprint density at radius 2 is 1.76 bits per heavy atom. The van der Waals surface area contributed by atoms with E-state index in [1.54, 1.807) is 31.4 Å². The highest BCUT2D eigenvalue weighted by atomic mass is 35.5. The smallest absolute Gasteiger partial charge is 0.258 e. The standard InChI is InChI=1S/C17H22ClN3O4/c1-24-7-6-19-8-14(22)20-16-10-17(16,11-16)21-15(23)9-25-13-4-2-12(18)3-5-13/h2-5,19H,6-11H2,1H3,(H,20,22)(H,21,23). The van der Waals surface area contributed by atoms with Crippen molar-refractivity contribution in [1.29, 1.82) is 0 Å². The van der Waals surface area contributed by atoms with Crippen LogP contribution in [0.4, 0.5) is 0 Å². The van der Waals surface area contributed by atoms with Crippen LogP contribution in [-0.4, -0.2) is 56.3 Å². The van der Waals surface area contributed by atoms with Gasteiger partial charge in [-0.3, -0.25) is 9.59 Å². The number of hydrogen-bond donors (Lipinski definition) is 3. The van der Waals surface area contributed by atoms with Crippen molar-refractivity contribution in [3.05, 3.63) is 29.3 Å². The topological polar surface area (TPSA) is 88.7 Å². The summed E-state index contributed by atoms with van der Waals surface area (Å²) in [7, 11) is 1.61. The van der Waals surface area contributed by atoms with Crippen molar-refractivity contribution >= 4 is 23.4 Å². The van der Waals surface area contributed by atoms with Crippen LogP contribution in [0.15, 0.2) is 24.3 Å². The lowest BCUT2D eigenvalue weighted by Crippen LogP contribution is -2.40. The first-order chi connectivity index (χ1) is 12.0. The molecule has 1 aromatic rings. The van der Waals surface area contributed by atoms with Crippen LogP contribution in [0.5, 0.6) is 5.75 Å². The Labute approximate surface area is 151 Å². The van der Waals surface area contributed by atoms with E-state index in [1.807, 2.05) is 0 Å². The normalized spacial score (nSPS) is 25.7. The first kappa shape index (κ1) is 18.0. The number of carbonyl (C=O) groups excluding carboxylic acids is 2. The van der Waals surface area contributed by atoms with Crippen molar-refractivity contribution in [2.45, 2.75) is 23.9 Å². The number of ether oxygens (including phenoxy) is 2. The van der Waals surface area contributed by atoms with Gasteiger partial charge in [0.1, 0.15) is 5.75 Å². The maximum absolute atomic E-state index is 12.0. The van der Waals surface area contributed by atoms with Gasteiger partial charge in [0.2, 0.25) is 5.91 Å². The Balaban J connectivity index is 1.35. The SMILES string of the molecule is COCCNCC(=O)NC12CC1(NC(=O)COc1ccc(Cl)cc1)C2. The first-order valence-corrected chi connectivity index (χ1v) is 8.56. The molecule has 8 heteroatoms. The lowest BCUT2D eigenvalue weighted by Gasteiger charge is -2.08. The van der Waals surface area contributed by atoms with Crippen LogP contribution in [0.1, 0.15) is 12.8 Å². The molecule has 0 atom stereocenters. The zero-order valence-electron chi connectivity index (χ0n) is 14.1. The third-order valence-corrected chi connectivity index (χ3v) is 4.83. The number of fused-ring (bicyclic) bond motifs is 1. The van der Waals surface area contributed by atoms with E-state index < -0.39 is 0 Å². The Morgan fingerprint density at radius 3 is 2.40 bits per heavy atom. The molecule has 0 aliphatic heterocycles. The van der Waals surface area contributed by atoms with E-state index in [4.69, 9.17) is 21.1 Å². The van der Waals surface area contributed by atoms with Gasteiger partial charge in [-0.2, -0.15) is 0 Å². The molecule has 2 aliphatic rings. The monoisotopic (exact) mass is 367 g/mol. The van der Waals surface area contributed by atoms with Crippen molar-refractivity contribution in [1.82, 2.24) is 16.0 Å². The van der Waals surface area contributed by atoms with Gasteiger partial charge in [-0.15, -0.1) is 0 Å². The van der Waals surface area contributed by atoms with Crippen LogP contribution >= 0.6 is 11.6 Å². The highest BCUT2D eigenvalue weighted by Crippen LogP contribution is 2.70. The Kier molecular flexibility index (Phi) is 5.17. The third kappa shape index (κ3) is 4.23. The van der Waals surface area contributed by atoms with Gasteiger partial charge >= 0.3 is 0 Å². The molecule has 7 nitrogen and oxygen atoms in total. The summed E-state index contributed by atoms with van der Waals surface area (Å²) >= 11 is 5.80. The van der Waals surface area contributed by atoms with Crippen molar-refractivity contribution in [3.63, 3.8) is 0 Å². The Bertz CT molecular complexity index is 644. The first-order valence-electron chi connectivity index (χ1n) is 8.19. The van der Waals surface area contributed by atoms with Crippen molar-refractivity contribution in [2.24, 2.45) is 0 Å². The average Bonchev–Trinajstić information content (AvgIpc) is 3.36. The van der Waals surface area contributed by atoms with Crippen LogP contribution in [0, 0.1) is 0 Å². The number of rotatable bonds is 10. The van der Waals surface area contributed by atoms with Gasteiger partial charge in [-0.25, -0.2) is 0 Å². The summed E-state index contributed by atoms with van der Waals surface area (Å²) in [6, 6.07) is 6.83. The molecule has 0 unspecified atom stereocenters. The van der Waals surface area contributed by atoms with E-state index in [9.17, 15) is 9.59 Å². The average molecular weight is 368 g/mol. The Morgan fingerprint density at radius 1 is 1.12 bits per heavy atom. The van der Waals surface area contributed by atoms with Crippen LogP contribution in [0.2, 0.25) is 5.02 Å². The highest BCUT2D eigenvalue weighted by Gasteiger charge is 2.85. The summed E-state index contributed by atoms with van der Waals surface area (Å²) in [4.78, 5) is 23.9. The summed E-state index contributed by atoms with van der Waals surface area (Å²) in [6.45, 7) is 1.37. The van der Waals surface area contributed by atoms with Crippen molar-refractivity contribution < 1.29 is 19.1 Å². The van der Waals surface area contributed by atoms with E-state index in [2.05, 4.69) is 16.0 Å². The van der Waals surface area contributed by atoms with Gasteiger partial charge in [0.25, 0.3) is 5.91 Å². The van der Waals surface area contributed by atoms with Crippen LogP contribution in [-0.2, 0) is 14.3 Å². The quantitative estimate of drug-likeness (QED) is 0.523. The second-order valence-corrected chi connectivity index (χ2v) is 6.96. The third-order valence-electron chi connectivity index (χ3n) is 4.58.